The Hall–Kier alpha value is -2.56. The van der Waals surface area contributed by atoms with Gasteiger partial charge in [0.15, 0.2) is 6.23 Å². The summed E-state index contributed by atoms with van der Waals surface area (Å²) in [5.41, 5.74) is -1.37. The number of hydroxylamine groups is 2. The van der Waals surface area contributed by atoms with E-state index in [1.54, 1.807) is 41.5 Å². The van der Waals surface area contributed by atoms with Gasteiger partial charge in [0.05, 0.1) is 0 Å². The number of aliphatic hydroxyl groups excluding tert-OH is 1. The number of amides is 3. The van der Waals surface area contributed by atoms with E-state index in [9.17, 15) is 24.3 Å². The third-order valence-corrected chi connectivity index (χ3v) is 3.88. The molecule has 2 atom stereocenters. The lowest BCUT2D eigenvalue weighted by Crippen LogP contribution is -2.47. The molecule has 0 bridgehead atoms. The maximum absolute atomic E-state index is 12.5. The van der Waals surface area contributed by atoms with Crippen molar-refractivity contribution < 1.29 is 38.6 Å². The number of carbonyl (C=O) groups is 4. The van der Waals surface area contributed by atoms with Crippen LogP contribution in [0.25, 0.3) is 0 Å². The Bertz CT molecular complexity index is 654. The molecule has 3 N–H and O–H groups in total. The molecule has 0 radical (unpaired) electrons. The molecular formula is C20H35N3O8. The zero-order chi connectivity index (χ0) is 23.8. The van der Waals surface area contributed by atoms with Gasteiger partial charge >= 0.3 is 18.2 Å². The Morgan fingerprint density at radius 2 is 1.65 bits per heavy atom. The monoisotopic (exact) mass is 445 g/mol. The first kappa shape index (κ1) is 26.5. The van der Waals surface area contributed by atoms with Crippen LogP contribution in [-0.4, -0.2) is 64.2 Å². The van der Waals surface area contributed by atoms with Gasteiger partial charge in [-0.3, -0.25) is 4.79 Å². The van der Waals surface area contributed by atoms with Crippen molar-refractivity contribution in [3.05, 3.63) is 0 Å². The number of unbranched alkanes of at least 4 members (excludes halogenated alkanes) is 1. The Morgan fingerprint density at radius 1 is 1.06 bits per heavy atom. The van der Waals surface area contributed by atoms with Gasteiger partial charge in [-0.25, -0.2) is 14.4 Å². The SMILES string of the molecule is CC(C)(C)OC(=O)NCCCC[C@H](NC(=O)OC(C)(C)C)C(=O)ON1C(=O)CCC1O. The predicted molar refractivity (Wildman–Crippen MR) is 109 cm³/mol. The lowest BCUT2D eigenvalue weighted by atomic mass is 10.1. The van der Waals surface area contributed by atoms with Gasteiger partial charge in [0.1, 0.15) is 17.2 Å². The maximum Gasteiger partial charge on any atom is 0.408 e. The molecule has 1 rings (SSSR count). The smallest absolute Gasteiger partial charge is 0.408 e. The standard InChI is InChI=1S/C20H35N3O8/c1-19(2,3)29-17(27)21-12-8-7-9-13(22-18(28)30-20(4,5)6)16(26)31-23-14(24)10-11-15(23)25/h13-14,24H,7-12H2,1-6H3,(H,21,27)(H,22,28)/t13-,14?/m0/s1. The molecule has 1 fully saturated rings. The molecule has 1 aliphatic rings. The molecule has 0 aromatic heterocycles. The molecule has 11 nitrogen and oxygen atoms in total. The van der Waals surface area contributed by atoms with E-state index in [0.717, 1.165) is 0 Å². The van der Waals surface area contributed by atoms with Gasteiger partial charge in [0.2, 0.25) is 0 Å². The summed E-state index contributed by atoms with van der Waals surface area (Å²) in [6.07, 6.45) is -1.22. The molecular weight excluding hydrogens is 410 g/mol. The highest BCUT2D eigenvalue weighted by Gasteiger charge is 2.35. The van der Waals surface area contributed by atoms with Crippen LogP contribution < -0.4 is 10.6 Å². The number of hydrogen-bond donors (Lipinski definition) is 3. The summed E-state index contributed by atoms with van der Waals surface area (Å²) < 4.78 is 10.3. The lowest BCUT2D eigenvalue weighted by molar-refractivity contribution is -0.222. The van der Waals surface area contributed by atoms with Gasteiger partial charge in [-0.2, -0.15) is 0 Å². The minimum Gasteiger partial charge on any atom is -0.444 e. The fourth-order valence-corrected chi connectivity index (χ4v) is 2.60. The molecule has 1 unspecified atom stereocenters. The van der Waals surface area contributed by atoms with Gasteiger partial charge in [-0.15, -0.1) is 5.06 Å². The fraction of sp³-hybridized carbons (Fsp3) is 0.800. The van der Waals surface area contributed by atoms with E-state index in [1.807, 2.05) is 0 Å². The molecule has 3 amide bonds. The van der Waals surface area contributed by atoms with E-state index in [0.29, 0.717) is 24.4 Å². The zero-order valence-electron chi connectivity index (χ0n) is 19.1. The second kappa shape index (κ2) is 11.2. The van der Waals surface area contributed by atoms with Crippen LogP contribution in [0, 0.1) is 0 Å². The number of alkyl carbamates (subject to hydrolysis) is 2. The van der Waals surface area contributed by atoms with Gasteiger partial charge in [0.25, 0.3) is 5.91 Å². The minimum atomic E-state index is -1.21. The first-order valence-corrected chi connectivity index (χ1v) is 10.4. The molecule has 178 valence electrons. The summed E-state index contributed by atoms with van der Waals surface area (Å²) in [6.45, 7) is 10.6. The second-order valence-electron chi connectivity index (χ2n) is 9.27. The average molecular weight is 446 g/mol. The maximum atomic E-state index is 12.5. The van der Waals surface area contributed by atoms with Crippen molar-refractivity contribution in [2.45, 2.75) is 97.1 Å². The molecule has 0 aliphatic carbocycles. The number of ether oxygens (including phenoxy) is 2. The van der Waals surface area contributed by atoms with E-state index in [-0.39, 0.29) is 19.3 Å². The molecule has 1 heterocycles. The van der Waals surface area contributed by atoms with Gasteiger partial charge in [0, 0.05) is 19.4 Å². The van der Waals surface area contributed by atoms with E-state index >= 15 is 0 Å². The molecule has 0 saturated carbocycles. The second-order valence-corrected chi connectivity index (χ2v) is 9.27. The number of hydrogen-bond acceptors (Lipinski definition) is 8. The summed E-state index contributed by atoms with van der Waals surface area (Å²) in [6, 6.07) is -1.10. The molecule has 0 aromatic carbocycles. The summed E-state index contributed by atoms with van der Waals surface area (Å²) in [4.78, 5) is 53.0. The van der Waals surface area contributed by atoms with Crippen LogP contribution in [0.3, 0.4) is 0 Å². The predicted octanol–water partition coefficient (Wildman–Crippen LogP) is 1.97. The number of nitrogens with zero attached hydrogens (tertiary/aromatic N) is 1. The molecule has 0 spiro atoms. The molecule has 1 saturated heterocycles. The van der Waals surface area contributed by atoms with Crippen molar-refractivity contribution in [1.82, 2.24) is 15.7 Å². The number of nitrogens with one attached hydrogen (secondary N) is 2. The van der Waals surface area contributed by atoms with E-state index in [1.165, 1.54) is 0 Å². The van der Waals surface area contributed by atoms with Crippen LogP contribution in [0.4, 0.5) is 9.59 Å². The van der Waals surface area contributed by atoms with Crippen LogP contribution in [0.15, 0.2) is 0 Å². The third kappa shape index (κ3) is 10.9. The third-order valence-electron chi connectivity index (χ3n) is 3.88. The Balaban J connectivity index is 2.59. The zero-order valence-corrected chi connectivity index (χ0v) is 19.1. The first-order chi connectivity index (χ1) is 14.2. The molecule has 31 heavy (non-hydrogen) atoms. The van der Waals surface area contributed by atoms with Crippen LogP contribution in [0.5, 0.6) is 0 Å². The highest BCUT2D eigenvalue weighted by molar-refractivity contribution is 5.84. The number of aliphatic hydroxyl groups is 1. The normalized spacial score (nSPS) is 17.7. The lowest BCUT2D eigenvalue weighted by Gasteiger charge is -2.25. The van der Waals surface area contributed by atoms with E-state index < -0.39 is 47.5 Å². The largest absolute Gasteiger partial charge is 0.444 e. The molecule has 0 aromatic rings. The molecule has 11 heteroatoms. The van der Waals surface area contributed by atoms with Crippen molar-refractivity contribution in [1.29, 1.82) is 0 Å². The average Bonchev–Trinajstić information content (AvgIpc) is 2.89. The van der Waals surface area contributed by atoms with Gasteiger partial charge in [-0.1, -0.05) is 0 Å². The highest BCUT2D eigenvalue weighted by Crippen LogP contribution is 2.18. The molecule has 1 aliphatic heterocycles. The van der Waals surface area contributed by atoms with Crippen molar-refractivity contribution in [3.63, 3.8) is 0 Å². The van der Waals surface area contributed by atoms with Crippen molar-refractivity contribution >= 4 is 24.1 Å². The summed E-state index contributed by atoms with van der Waals surface area (Å²) in [7, 11) is 0. The van der Waals surface area contributed by atoms with Crippen molar-refractivity contribution in [2.75, 3.05) is 6.54 Å². The summed E-state index contributed by atoms with van der Waals surface area (Å²) >= 11 is 0. The first-order valence-electron chi connectivity index (χ1n) is 10.4. The summed E-state index contributed by atoms with van der Waals surface area (Å²) in [5, 5.41) is 15.4. The Labute approximate surface area is 182 Å². The van der Waals surface area contributed by atoms with Crippen LogP contribution in [0.1, 0.15) is 73.6 Å². The topological polar surface area (TPSA) is 144 Å². The number of rotatable bonds is 8. The minimum absolute atomic E-state index is 0.0644. The van der Waals surface area contributed by atoms with Crippen LogP contribution in [-0.2, 0) is 23.9 Å². The fourth-order valence-electron chi connectivity index (χ4n) is 2.60. The van der Waals surface area contributed by atoms with Crippen molar-refractivity contribution in [2.24, 2.45) is 0 Å². The number of carbonyl (C=O) groups excluding carboxylic acids is 4. The Kier molecular flexibility index (Phi) is 9.54. The quantitative estimate of drug-likeness (QED) is 0.481. The van der Waals surface area contributed by atoms with Crippen LogP contribution >= 0.6 is 0 Å². The van der Waals surface area contributed by atoms with E-state index in [4.69, 9.17) is 14.3 Å². The van der Waals surface area contributed by atoms with Crippen LogP contribution in [0.2, 0.25) is 0 Å². The van der Waals surface area contributed by atoms with E-state index in [2.05, 4.69) is 10.6 Å². The summed E-state index contributed by atoms with van der Waals surface area (Å²) in [5.74, 6) is -1.40. The Morgan fingerprint density at radius 3 is 2.16 bits per heavy atom. The van der Waals surface area contributed by atoms with Crippen molar-refractivity contribution in [3.8, 4) is 0 Å². The highest BCUT2D eigenvalue weighted by atomic mass is 16.7. The van der Waals surface area contributed by atoms with Gasteiger partial charge < -0.3 is 30.1 Å². The van der Waals surface area contributed by atoms with Gasteiger partial charge in [-0.05, 0) is 60.8 Å².